The maximum atomic E-state index is 12.9. The fraction of sp³-hybridized carbons (Fsp3) is 0.333. The van der Waals surface area contributed by atoms with E-state index in [2.05, 4.69) is 4.74 Å². The molecule has 0 aliphatic heterocycles. The van der Waals surface area contributed by atoms with Gasteiger partial charge in [-0.25, -0.2) is 12.8 Å². The second-order valence-electron chi connectivity index (χ2n) is 2.23. The van der Waals surface area contributed by atoms with Gasteiger partial charge in [0, 0.05) is 10.7 Å². The Bertz CT molecular complexity index is 417. The van der Waals surface area contributed by atoms with Crippen LogP contribution in [0.15, 0.2) is 23.1 Å². The van der Waals surface area contributed by atoms with Crippen LogP contribution in [0.3, 0.4) is 0 Å². The van der Waals surface area contributed by atoms with Crippen LogP contribution in [0.1, 0.15) is 13.8 Å². The van der Waals surface area contributed by atoms with Gasteiger partial charge in [-0.3, -0.25) is 0 Å². The Kier molecular flexibility index (Phi) is 5.60. The summed E-state index contributed by atoms with van der Waals surface area (Å²) in [6, 6.07) is 3.18. The Labute approximate surface area is 93.2 Å². The van der Waals surface area contributed by atoms with Crippen molar-refractivity contribution in [3.05, 3.63) is 24.0 Å². The van der Waals surface area contributed by atoms with Crippen molar-refractivity contribution in [3.63, 3.8) is 0 Å². The number of rotatable bonds is 2. The lowest BCUT2D eigenvalue weighted by Crippen LogP contribution is -1.94. The lowest BCUT2D eigenvalue weighted by molar-refractivity contribution is 0.385. The van der Waals surface area contributed by atoms with Crippen molar-refractivity contribution >= 4 is 19.7 Å². The minimum Gasteiger partial charge on any atom is -0.494 e. The van der Waals surface area contributed by atoms with Crippen LogP contribution in [0.5, 0.6) is 5.75 Å². The van der Waals surface area contributed by atoms with Crippen molar-refractivity contribution in [2.45, 2.75) is 18.7 Å². The molecule has 0 radical (unpaired) electrons. The van der Waals surface area contributed by atoms with Gasteiger partial charge in [0.25, 0.3) is 9.05 Å². The highest BCUT2D eigenvalue weighted by Gasteiger charge is 2.12. The number of halogens is 2. The van der Waals surface area contributed by atoms with Gasteiger partial charge in [0.2, 0.25) is 0 Å². The van der Waals surface area contributed by atoms with Gasteiger partial charge in [0.1, 0.15) is 0 Å². The Morgan fingerprint density at radius 2 is 1.87 bits per heavy atom. The molecule has 3 nitrogen and oxygen atoms in total. The molecule has 0 saturated carbocycles. The molecule has 0 heterocycles. The molecule has 0 spiro atoms. The van der Waals surface area contributed by atoms with Crippen LogP contribution in [0.4, 0.5) is 4.39 Å². The van der Waals surface area contributed by atoms with E-state index < -0.39 is 14.9 Å². The molecule has 0 amide bonds. The van der Waals surface area contributed by atoms with Gasteiger partial charge >= 0.3 is 0 Å². The highest BCUT2D eigenvalue weighted by molar-refractivity contribution is 8.13. The minimum absolute atomic E-state index is 0.0240. The van der Waals surface area contributed by atoms with Crippen molar-refractivity contribution < 1.29 is 17.5 Å². The molecule has 0 aliphatic rings. The van der Waals surface area contributed by atoms with Gasteiger partial charge in [-0.05, 0) is 18.2 Å². The van der Waals surface area contributed by atoms with Crippen molar-refractivity contribution in [1.29, 1.82) is 0 Å². The third-order valence-corrected chi connectivity index (χ3v) is 2.76. The van der Waals surface area contributed by atoms with E-state index in [0.717, 1.165) is 6.07 Å². The third kappa shape index (κ3) is 4.05. The van der Waals surface area contributed by atoms with Crippen LogP contribution in [0.25, 0.3) is 0 Å². The summed E-state index contributed by atoms with van der Waals surface area (Å²) in [5.74, 6) is -0.784. The summed E-state index contributed by atoms with van der Waals surface area (Å²) in [6.07, 6.45) is 0. The molecule has 6 heteroatoms. The summed E-state index contributed by atoms with van der Waals surface area (Å²) >= 11 is 0. The van der Waals surface area contributed by atoms with Gasteiger partial charge < -0.3 is 4.74 Å². The first-order valence-corrected chi connectivity index (χ1v) is 6.54. The van der Waals surface area contributed by atoms with E-state index in [1.165, 1.54) is 19.2 Å². The first kappa shape index (κ1) is 14.2. The third-order valence-electron chi connectivity index (χ3n) is 1.40. The monoisotopic (exact) mass is 254 g/mol. The average Bonchev–Trinajstić information content (AvgIpc) is 2.19. The van der Waals surface area contributed by atoms with Gasteiger partial charge in [0.15, 0.2) is 11.6 Å². The summed E-state index contributed by atoms with van der Waals surface area (Å²) < 4.78 is 39.0. The fourth-order valence-corrected chi connectivity index (χ4v) is 1.56. The Morgan fingerprint density at radius 1 is 1.33 bits per heavy atom. The van der Waals surface area contributed by atoms with Crippen molar-refractivity contribution in [3.8, 4) is 5.75 Å². The summed E-state index contributed by atoms with van der Waals surface area (Å²) in [7, 11) is 2.40. The van der Waals surface area contributed by atoms with Crippen LogP contribution in [0.2, 0.25) is 0 Å². The van der Waals surface area contributed by atoms with Crippen LogP contribution in [0, 0.1) is 5.82 Å². The van der Waals surface area contributed by atoms with Gasteiger partial charge in [-0.1, -0.05) is 13.8 Å². The lowest BCUT2D eigenvalue weighted by Gasteiger charge is -2.01. The first-order chi connectivity index (χ1) is 6.95. The maximum absolute atomic E-state index is 12.9. The molecule has 0 atom stereocenters. The number of ether oxygens (including phenoxy) is 1. The maximum Gasteiger partial charge on any atom is 0.261 e. The molecule has 0 fully saturated rings. The fourth-order valence-electron chi connectivity index (χ4n) is 0.799. The zero-order valence-corrected chi connectivity index (χ0v) is 10.2. The van der Waals surface area contributed by atoms with E-state index in [-0.39, 0.29) is 10.6 Å². The molecule has 0 saturated heterocycles. The van der Waals surface area contributed by atoms with E-state index in [4.69, 9.17) is 10.7 Å². The number of hydrogen-bond acceptors (Lipinski definition) is 3. The highest BCUT2D eigenvalue weighted by atomic mass is 35.7. The molecule has 1 aromatic carbocycles. The molecule has 0 N–H and O–H groups in total. The largest absolute Gasteiger partial charge is 0.494 e. The molecular weight excluding hydrogens is 243 g/mol. The van der Waals surface area contributed by atoms with Crippen molar-refractivity contribution in [2.24, 2.45) is 0 Å². The van der Waals surface area contributed by atoms with Crippen LogP contribution >= 0.6 is 10.7 Å². The van der Waals surface area contributed by atoms with E-state index in [9.17, 15) is 12.8 Å². The quantitative estimate of drug-likeness (QED) is 0.763. The summed E-state index contributed by atoms with van der Waals surface area (Å²) in [6.45, 7) is 4.00. The Morgan fingerprint density at radius 3 is 2.20 bits per heavy atom. The lowest BCUT2D eigenvalue weighted by atomic mass is 10.3. The van der Waals surface area contributed by atoms with Gasteiger partial charge in [0.05, 0.1) is 12.0 Å². The molecule has 0 aliphatic carbocycles. The summed E-state index contributed by atoms with van der Waals surface area (Å²) in [4.78, 5) is -0.285. The van der Waals surface area contributed by atoms with Crippen molar-refractivity contribution in [2.75, 3.05) is 7.11 Å². The Balaban J connectivity index is 0.000000921. The first-order valence-electron chi connectivity index (χ1n) is 4.23. The zero-order valence-electron chi connectivity index (χ0n) is 8.62. The van der Waals surface area contributed by atoms with Gasteiger partial charge in [-0.2, -0.15) is 0 Å². The predicted molar refractivity (Wildman–Crippen MR) is 57.3 cm³/mol. The van der Waals surface area contributed by atoms with Crippen molar-refractivity contribution in [1.82, 2.24) is 0 Å². The average molecular weight is 255 g/mol. The van der Waals surface area contributed by atoms with Crippen LogP contribution < -0.4 is 4.74 Å². The Hall–Kier alpha value is -0.810. The zero-order chi connectivity index (χ0) is 12.1. The summed E-state index contributed by atoms with van der Waals surface area (Å²) in [5, 5.41) is 0. The standard InChI is InChI=1S/C7H6ClFO3S.C2H6/c1-12-7-3-2-5(4-6(7)9)13(8,10)11;1-2/h2-4H,1H3;1-2H3. The van der Waals surface area contributed by atoms with E-state index >= 15 is 0 Å². The highest BCUT2D eigenvalue weighted by Crippen LogP contribution is 2.22. The normalized spacial score (nSPS) is 10.2. The molecule has 86 valence electrons. The number of benzene rings is 1. The van der Waals surface area contributed by atoms with Crippen LogP contribution in [-0.2, 0) is 9.05 Å². The smallest absolute Gasteiger partial charge is 0.261 e. The molecule has 0 unspecified atom stereocenters. The SMILES string of the molecule is CC.COc1ccc(S(=O)(=O)Cl)cc1F. The number of hydrogen-bond donors (Lipinski definition) is 0. The van der Waals surface area contributed by atoms with E-state index in [1.807, 2.05) is 13.8 Å². The molecule has 0 aromatic heterocycles. The molecular formula is C9H12ClFO3S. The van der Waals surface area contributed by atoms with E-state index in [1.54, 1.807) is 0 Å². The van der Waals surface area contributed by atoms with Crippen LogP contribution in [-0.4, -0.2) is 15.5 Å². The van der Waals surface area contributed by atoms with Gasteiger partial charge in [-0.15, -0.1) is 0 Å². The second-order valence-corrected chi connectivity index (χ2v) is 4.80. The topological polar surface area (TPSA) is 43.4 Å². The molecule has 0 bridgehead atoms. The summed E-state index contributed by atoms with van der Waals surface area (Å²) in [5.41, 5.74) is 0. The molecule has 15 heavy (non-hydrogen) atoms. The number of methoxy groups -OCH3 is 1. The molecule has 1 aromatic rings. The molecule has 1 rings (SSSR count). The minimum atomic E-state index is -3.87. The van der Waals surface area contributed by atoms with E-state index in [0.29, 0.717) is 0 Å². The second kappa shape index (κ2) is 5.92. The predicted octanol–water partition coefficient (Wildman–Crippen LogP) is 2.79.